The van der Waals surface area contributed by atoms with Crippen LogP contribution >= 0.6 is 11.6 Å². The summed E-state index contributed by atoms with van der Waals surface area (Å²) in [7, 11) is 0. The molecule has 3 aliphatic heterocycles. The fourth-order valence-electron chi connectivity index (χ4n) is 4.97. The predicted molar refractivity (Wildman–Crippen MR) is 89.5 cm³/mol. The summed E-state index contributed by atoms with van der Waals surface area (Å²) in [5.74, 6) is 0.203. The lowest BCUT2D eigenvalue weighted by Gasteiger charge is -2.50. The van der Waals surface area contributed by atoms with E-state index in [1.807, 2.05) is 0 Å². The van der Waals surface area contributed by atoms with Gasteiger partial charge < -0.3 is 15.0 Å². The van der Waals surface area contributed by atoms with Crippen LogP contribution in [0.4, 0.5) is 0 Å². The normalized spacial score (nSPS) is 40.4. The Balaban J connectivity index is 1.41. The van der Waals surface area contributed by atoms with Gasteiger partial charge in [-0.15, -0.1) is 11.6 Å². The number of halogens is 1. The van der Waals surface area contributed by atoms with Crippen molar-refractivity contribution in [2.45, 2.75) is 68.1 Å². The number of hydrogen-bond acceptors (Lipinski definition) is 4. The SMILES string of the molecule is O=C1CO[C@H]2CCCC[C@@H]2N1C1CCN(C2(Cl)CCNC2)CC1. The van der Waals surface area contributed by atoms with Gasteiger partial charge in [0.2, 0.25) is 5.91 Å². The largest absolute Gasteiger partial charge is 0.366 e. The molecule has 6 heteroatoms. The fraction of sp³-hybridized carbons (Fsp3) is 0.941. The van der Waals surface area contributed by atoms with Crippen molar-refractivity contribution in [1.29, 1.82) is 0 Å². The van der Waals surface area contributed by atoms with Crippen molar-refractivity contribution in [2.75, 3.05) is 32.8 Å². The number of nitrogens with zero attached hydrogens (tertiary/aromatic N) is 2. The van der Waals surface area contributed by atoms with Crippen LogP contribution in [0, 0.1) is 0 Å². The highest BCUT2D eigenvalue weighted by molar-refractivity contribution is 6.24. The predicted octanol–water partition coefficient (Wildman–Crippen LogP) is 1.55. The summed E-state index contributed by atoms with van der Waals surface area (Å²) in [6.07, 6.45) is 8.07. The molecule has 3 heterocycles. The molecule has 4 rings (SSSR count). The van der Waals surface area contributed by atoms with Gasteiger partial charge in [-0.1, -0.05) is 12.8 Å². The van der Waals surface area contributed by atoms with Crippen LogP contribution in [0.2, 0.25) is 0 Å². The summed E-state index contributed by atoms with van der Waals surface area (Å²) in [5.41, 5.74) is 0. The van der Waals surface area contributed by atoms with E-state index in [1.54, 1.807) is 0 Å². The average molecular weight is 342 g/mol. The molecular weight excluding hydrogens is 314 g/mol. The number of likely N-dealkylation sites (tertiary alicyclic amines) is 1. The van der Waals surface area contributed by atoms with Crippen molar-refractivity contribution >= 4 is 17.5 Å². The molecule has 1 N–H and O–H groups in total. The number of alkyl halides is 1. The molecule has 1 unspecified atom stereocenters. The van der Waals surface area contributed by atoms with Gasteiger partial charge >= 0.3 is 0 Å². The van der Waals surface area contributed by atoms with Gasteiger partial charge in [-0.05, 0) is 38.6 Å². The van der Waals surface area contributed by atoms with E-state index in [9.17, 15) is 4.79 Å². The summed E-state index contributed by atoms with van der Waals surface area (Å²) < 4.78 is 5.80. The summed E-state index contributed by atoms with van der Waals surface area (Å²) in [6, 6.07) is 0.697. The molecule has 0 spiro atoms. The minimum Gasteiger partial charge on any atom is -0.366 e. The number of ether oxygens (including phenoxy) is 1. The van der Waals surface area contributed by atoms with Crippen LogP contribution in [0.1, 0.15) is 44.9 Å². The topological polar surface area (TPSA) is 44.8 Å². The van der Waals surface area contributed by atoms with E-state index >= 15 is 0 Å². The second-order valence-electron chi connectivity index (χ2n) is 7.57. The van der Waals surface area contributed by atoms with Crippen LogP contribution in [0.5, 0.6) is 0 Å². The highest BCUT2D eigenvalue weighted by Crippen LogP contribution is 2.35. The number of hydrogen-bond donors (Lipinski definition) is 1. The zero-order valence-electron chi connectivity index (χ0n) is 13.8. The smallest absolute Gasteiger partial charge is 0.249 e. The van der Waals surface area contributed by atoms with Gasteiger partial charge in [-0.3, -0.25) is 9.69 Å². The molecule has 0 aromatic rings. The first-order valence-electron chi connectivity index (χ1n) is 9.25. The molecule has 3 atom stereocenters. The maximum absolute atomic E-state index is 12.5. The zero-order valence-corrected chi connectivity index (χ0v) is 14.6. The molecule has 5 nitrogen and oxygen atoms in total. The van der Waals surface area contributed by atoms with Gasteiger partial charge in [-0.25, -0.2) is 0 Å². The maximum atomic E-state index is 12.5. The number of rotatable bonds is 2. The molecule has 0 aromatic carbocycles. The van der Waals surface area contributed by atoms with E-state index in [4.69, 9.17) is 16.3 Å². The number of morpholine rings is 1. The monoisotopic (exact) mass is 341 g/mol. The third-order valence-electron chi connectivity index (χ3n) is 6.24. The highest BCUT2D eigenvalue weighted by Gasteiger charge is 2.44. The van der Waals surface area contributed by atoms with Gasteiger partial charge in [0.1, 0.15) is 11.6 Å². The molecule has 23 heavy (non-hydrogen) atoms. The molecule has 1 aliphatic carbocycles. The molecule has 0 radical (unpaired) electrons. The van der Waals surface area contributed by atoms with Gasteiger partial charge in [0.15, 0.2) is 0 Å². The van der Waals surface area contributed by atoms with Crippen molar-refractivity contribution in [2.24, 2.45) is 0 Å². The molecular formula is C17H28ClN3O2. The number of piperidine rings is 1. The fourth-order valence-corrected chi connectivity index (χ4v) is 5.32. The standard InChI is InChI=1S/C17H28ClN3O2/c18-17(7-8-19-12-17)20-9-5-13(6-10-20)21-14-3-1-2-4-15(14)23-11-16(21)22/h13-15,19H,1-12H2/t14-,15-,17?/m0/s1. The van der Waals surface area contributed by atoms with Crippen molar-refractivity contribution in [3.8, 4) is 0 Å². The Morgan fingerprint density at radius 2 is 1.96 bits per heavy atom. The van der Waals surface area contributed by atoms with E-state index < -0.39 is 0 Å². The van der Waals surface area contributed by atoms with Crippen LogP contribution in [-0.4, -0.2) is 71.7 Å². The lowest BCUT2D eigenvalue weighted by atomic mass is 9.87. The molecule has 3 saturated heterocycles. The Hall–Kier alpha value is -0.360. The highest BCUT2D eigenvalue weighted by atomic mass is 35.5. The third-order valence-corrected chi connectivity index (χ3v) is 6.80. The van der Waals surface area contributed by atoms with Crippen LogP contribution in [0.15, 0.2) is 0 Å². The Morgan fingerprint density at radius 1 is 1.17 bits per heavy atom. The van der Waals surface area contributed by atoms with Gasteiger partial charge in [0, 0.05) is 25.7 Å². The van der Waals surface area contributed by atoms with E-state index in [2.05, 4.69) is 15.1 Å². The van der Waals surface area contributed by atoms with Crippen molar-refractivity contribution in [3.63, 3.8) is 0 Å². The van der Waals surface area contributed by atoms with Crippen LogP contribution in [-0.2, 0) is 9.53 Å². The molecule has 4 aliphatic rings. The average Bonchev–Trinajstić information content (AvgIpc) is 3.03. The Morgan fingerprint density at radius 3 is 2.70 bits per heavy atom. The number of carbonyl (C=O) groups is 1. The first-order chi connectivity index (χ1) is 11.2. The second-order valence-corrected chi connectivity index (χ2v) is 8.27. The quantitative estimate of drug-likeness (QED) is 0.611. The third kappa shape index (κ3) is 3.01. The Labute approximate surface area is 143 Å². The minimum atomic E-state index is -0.201. The van der Waals surface area contributed by atoms with E-state index in [0.717, 1.165) is 58.3 Å². The number of amides is 1. The number of fused-ring (bicyclic) bond motifs is 1. The molecule has 130 valence electrons. The minimum absolute atomic E-state index is 0.201. The molecule has 1 amide bonds. The van der Waals surface area contributed by atoms with Crippen molar-refractivity contribution < 1.29 is 9.53 Å². The first kappa shape index (κ1) is 16.1. The Kier molecular flexibility index (Phi) is 4.56. The van der Waals surface area contributed by atoms with E-state index in [-0.39, 0.29) is 23.6 Å². The summed E-state index contributed by atoms with van der Waals surface area (Å²) >= 11 is 6.79. The van der Waals surface area contributed by atoms with Crippen molar-refractivity contribution in [3.05, 3.63) is 0 Å². The van der Waals surface area contributed by atoms with E-state index in [1.165, 1.54) is 12.8 Å². The summed E-state index contributed by atoms with van der Waals surface area (Å²) in [6.45, 7) is 4.16. The summed E-state index contributed by atoms with van der Waals surface area (Å²) in [5, 5.41) is 3.37. The van der Waals surface area contributed by atoms with E-state index in [0.29, 0.717) is 12.1 Å². The number of carbonyl (C=O) groups excluding carboxylic acids is 1. The van der Waals surface area contributed by atoms with Crippen molar-refractivity contribution in [1.82, 2.24) is 15.1 Å². The molecule has 1 saturated carbocycles. The zero-order chi connectivity index (χ0) is 15.9. The summed E-state index contributed by atoms with van der Waals surface area (Å²) in [4.78, 5) is 16.9. The maximum Gasteiger partial charge on any atom is 0.249 e. The lowest BCUT2D eigenvalue weighted by Crippen LogP contribution is -2.62. The number of nitrogens with one attached hydrogen (secondary N) is 1. The van der Waals surface area contributed by atoms with Crippen LogP contribution in [0.25, 0.3) is 0 Å². The Bertz CT molecular complexity index is 447. The lowest BCUT2D eigenvalue weighted by molar-refractivity contribution is -0.167. The van der Waals surface area contributed by atoms with Gasteiger partial charge in [0.05, 0.1) is 12.1 Å². The first-order valence-corrected chi connectivity index (χ1v) is 9.63. The van der Waals surface area contributed by atoms with Gasteiger partial charge in [-0.2, -0.15) is 0 Å². The molecule has 4 fully saturated rings. The second kappa shape index (κ2) is 6.51. The van der Waals surface area contributed by atoms with Crippen LogP contribution in [0.3, 0.4) is 0 Å². The molecule has 0 aromatic heterocycles. The van der Waals surface area contributed by atoms with Gasteiger partial charge in [0.25, 0.3) is 0 Å². The van der Waals surface area contributed by atoms with Crippen LogP contribution < -0.4 is 5.32 Å². The molecule has 0 bridgehead atoms.